The lowest BCUT2D eigenvalue weighted by molar-refractivity contribution is -0.140. The number of carbonyl (C=O) groups is 1. The first-order valence-corrected chi connectivity index (χ1v) is 8.39. The summed E-state index contributed by atoms with van der Waals surface area (Å²) in [6.45, 7) is 8.70. The molecule has 2 heteroatoms. The molecule has 0 saturated heterocycles. The van der Waals surface area contributed by atoms with Crippen molar-refractivity contribution in [3.63, 3.8) is 0 Å². The van der Waals surface area contributed by atoms with Gasteiger partial charge in [-0.3, -0.25) is 4.79 Å². The van der Waals surface area contributed by atoms with Crippen LogP contribution in [0.25, 0.3) is 11.1 Å². The lowest BCUT2D eigenvalue weighted by Gasteiger charge is -2.32. The van der Waals surface area contributed by atoms with E-state index in [4.69, 9.17) is 4.74 Å². The molecule has 0 spiro atoms. The Kier molecular flexibility index (Phi) is 4.11. The van der Waals surface area contributed by atoms with Gasteiger partial charge in [0.2, 0.25) is 0 Å². The average Bonchev–Trinajstić information content (AvgIpc) is 2.80. The van der Waals surface area contributed by atoms with E-state index in [2.05, 4.69) is 45.0 Å². The Hall–Kier alpha value is -1.93. The molecule has 2 aromatic rings. The number of hydrogen-bond donors (Lipinski definition) is 0. The molecule has 1 aliphatic rings. The predicted molar refractivity (Wildman–Crippen MR) is 93.5 cm³/mol. The van der Waals surface area contributed by atoms with Crippen LogP contribution in [0.4, 0.5) is 0 Å². The number of hydrogen-bond acceptors (Lipinski definition) is 2. The van der Waals surface area contributed by atoms with Gasteiger partial charge in [0.25, 0.3) is 0 Å². The van der Waals surface area contributed by atoms with Crippen molar-refractivity contribution >= 4 is 5.78 Å². The molecule has 0 amide bonds. The summed E-state index contributed by atoms with van der Waals surface area (Å²) in [6.07, 6.45) is 0.516. The van der Waals surface area contributed by atoms with E-state index in [1.165, 1.54) is 0 Å². The lowest BCUT2D eigenvalue weighted by Crippen LogP contribution is -2.39. The van der Waals surface area contributed by atoms with E-state index in [9.17, 15) is 4.79 Å². The molecule has 1 atom stereocenters. The zero-order valence-electron chi connectivity index (χ0n) is 14.3. The molecule has 1 unspecified atom stereocenters. The normalized spacial score (nSPS) is 18.8. The molecule has 0 N–H and O–H groups in total. The predicted octanol–water partition coefficient (Wildman–Crippen LogP) is 4.87. The van der Waals surface area contributed by atoms with Crippen LogP contribution in [0, 0.1) is 12.8 Å². The number of carbonyl (C=O) groups excluding carboxylic acids is 1. The van der Waals surface area contributed by atoms with Gasteiger partial charge in [-0.05, 0) is 36.5 Å². The third-order valence-electron chi connectivity index (χ3n) is 4.57. The minimum absolute atomic E-state index is 0.162. The quantitative estimate of drug-likeness (QED) is 0.787. The number of aryl methyl sites for hydroxylation is 1. The van der Waals surface area contributed by atoms with E-state index >= 15 is 0 Å². The van der Waals surface area contributed by atoms with Gasteiger partial charge < -0.3 is 4.74 Å². The van der Waals surface area contributed by atoms with E-state index in [0.717, 1.165) is 27.8 Å². The van der Waals surface area contributed by atoms with E-state index in [-0.39, 0.29) is 5.78 Å². The van der Waals surface area contributed by atoms with Gasteiger partial charge in [-0.2, -0.15) is 0 Å². The fourth-order valence-electron chi connectivity index (χ4n) is 3.77. The fourth-order valence-corrected chi connectivity index (χ4v) is 3.77. The molecule has 3 rings (SSSR count). The standard InChI is InChI=1S/C21H24O2/c1-5-23-21(19(22)13-14(2)3)18-12-7-6-10-16(18)17-11-8-9-15(4)20(17)21/h6-12,14H,5,13H2,1-4H3. The zero-order valence-corrected chi connectivity index (χ0v) is 14.3. The molecular formula is C21H24O2. The summed E-state index contributed by atoms with van der Waals surface area (Å²) < 4.78 is 6.24. The summed E-state index contributed by atoms with van der Waals surface area (Å²) in [4.78, 5) is 13.3. The highest BCUT2D eigenvalue weighted by Crippen LogP contribution is 2.52. The van der Waals surface area contributed by atoms with Crippen LogP contribution in [0.15, 0.2) is 42.5 Å². The van der Waals surface area contributed by atoms with Gasteiger partial charge in [-0.25, -0.2) is 0 Å². The van der Waals surface area contributed by atoms with Gasteiger partial charge in [0.05, 0.1) is 0 Å². The fraction of sp³-hybridized carbons (Fsp3) is 0.381. The zero-order chi connectivity index (χ0) is 16.6. The van der Waals surface area contributed by atoms with Crippen LogP contribution in [0.3, 0.4) is 0 Å². The molecule has 2 nitrogen and oxygen atoms in total. The molecule has 0 bridgehead atoms. The van der Waals surface area contributed by atoms with E-state index in [0.29, 0.717) is 18.9 Å². The monoisotopic (exact) mass is 308 g/mol. The van der Waals surface area contributed by atoms with Crippen molar-refractivity contribution in [2.24, 2.45) is 5.92 Å². The van der Waals surface area contributed by atoms with Gasteiger partial charge in [-0.15, -0.1) is 0 Å². The first-order valence-electron chi connectivity index (χ1n) is 8.39. The summed E-state index contributed by atoms with van der Waals surface area (Å²) in [5.41, 5.74) is 4.45. The van der Waals surface area contributed by atoms with Gasteiger partial charge in [0, 0.05) is 24.2 Å². The molecule has 0 aliphatic heterocycles. The van der Waals surface area contributed by atoms with E-state index < -0.39 is 5.60 Å². The second kappa shape index (κ2) is 5.93. The molecule has 1 aliphatic carbocycles. The second-order valence-electron chi connectivity index (χ2n) is 6.68. The molecule has 0 saturated carbocycles. The molecule has 0 aromatic heterocycles. The Morgan fingerprint density at radius 3 is 2.48 bits per heavy atom. The van der Waals surface area contributed by atoms with Gasteiger partial charge in [-0.1, -0.05) is 56.3 Å². The van der Waals surface area contributed by atoms with Crippen LogP contribution in [0.2, 0.25) is 0 Å². The van der Waals surface area contributed by atoms with Crippen molar-refractivity contribution in [1.82, 2.24) is 0 Å². The van der Waals surface area contributed by atoms with Crippen molar-refractivity contribution in [3.8, 4) is 11.1 Å². The van der Waals surface area contributed by atoms with Crippen molar-refractivity contribution in [1.29, 1.82) is 0 Å². The van der Waals surface area contributed by atoms with E-state index in [1.807, 2.05) is 25.1 Å². The SMILES string of the molecule is CCOC1(C(=O)CC(C)C)c2ccccc2-c2cccc(C)c21. The summed E-state index contributed by atoms with van der Waals surface area (Å²) in [6, 6.07) is 14.4. The number of fused-ring (bicyclic) bond motifs is 3. The topological polar surface area (TPSA) is 26.3 Å². The van der Waals surface area contributed by atoms with Gasteiger partial charge in [0.15, 0.2) is 11.4 Å². The van der Waals surface area contributed by atoms with Crippen LogP contribution in [-0.2, 0) is 15.1 Å². The Morgan fingerprint density at radius 1 is 1.09 bits per heavy atom. The molecule has 0 heterocycles. The molecule has 0 radical (unpaired) electrons. The number of rotatable bonds is 5. The van der Waals surface area contributed by atoms with Gasteiger partial charge in [0.1, 0.15) is 0 Å². The average molecular weight is 308 g/mol. The van der Waals surface area contributed by atoms with Crippen LogP contribution in [-0.4, -0.2) is 12.4 Å². The number of ether oxygens (including phenoxy) is 1. The minimum atomic E-state index is -0.948. The van der Waals surface area contributed by atoms with Gasteiger partial charge >= 0.3 is 0 Å². The van der Waals surface area contributed by atoms with Crippen molar-refractivity contribution in [2.45, 2.75) is 39.7 Å². The maximum Gasteiger partial charge on any atom is 0.177 e. The van der Waals surface area contributed by atoms with Crippen LogP contribution in [0.1, 0.15) is 43.9 Å². The summed E-state index contributed by atoms with van der Waals surface area (Å²) in [5.74, 6) is 0.468. The largest absolute Gasteiger partial charge is 0.358 e. The maximum atomic E-state index is 13.3. The summed E-state index contributed by atoms with van der Waals surface area (Å²) in [7, 11) is 0. The first-order chi connectivity index (χ1) is 11.0. The highest BCUT2D eigenvalue weighted by Gasteiger charge is 2.50. The van der Waals surface area contributed by atoms with Crippen LogP contribution >= 0.6 is 0 Å². The number of benzene rings is 2. The third-order valence-corrected chi connectivity index (χ3v) is 4.57. The van der Waals surface area contributed by atoms with Crippen LogP contribution in [0.5, 0.6) is 0 Å². The highest BCUT2D eigenvalue weighted by molar-refractivity contribution is 6.00. The van der Waals surface area contributed by atoms with Crippen LogP contribution < -0.4 is 0 Å². The van der Waals surface area contributed by atoms with Crippen molar-refractivity contribution < 1.29 is 9.53 Å². The third kappa shape index (κ3) is 2.33. The van der Waals surface area contributed by atoms with Crippen molar-refractivity contribution in [2.75, 3.05) is 6.61 Å². The Morgan fingerprint density at radius 2 is 1.78 bits per heavy atom. The van der Waals surface area contributed by atoms with E-state index in [1.54, 1.807) is 0 Å². The molecule has 2 aromatic carbocycles. The summed E-state index contributed by atoms with van der Waals surface area (Å²) >= 11 is 0. The minimum Gasteiger partial charge on any atom is -0.358 e. The Labute approximate surface area is 138 Å². The number of ketones is 1. The maximum absolute atomic E-state index is 13.3. The number of Topliss-reactive ketones (excluding diaryl/α,β-unsaturated/α-hetero) is 1. The Balaban J connectivity index is 2.32. The van der Waals surface area contributed by atoms with Crippen molar-refractivity contribution in [3.05, 3.63) is 59.2 Å². The first kappa shape index (κ1) is 15.9. The molecule has 23 heavy (non-hydrogen) atoms. The molecular weight excluding hydrogens is 284 g/mol. The summed E-state index contributed by atoms with van der Waals surface area (Å²) in [5, 5.41) is 0. The molecule has 0 fully saturated rings. The highest BCUT2D eigenvalue weighted by atomic mass is 16.5. The Bertz CT molecular complexity index is 745. The smallest absolute Gasteiger partial charge is 0.177 e. The lowest BCUT2D eigenvalue weighted by atomic mass is 9.81. The second-order valence-corrected chi connectivity index (χ2v) is 6.68. The molecule has 120 valence electrons.